The summed E-state index contributed by atoms with van der Waals surface area (Å²) in [5.74, 6) is -1.88. The Morgan fingerprint density at radius 1 is 1.17 bits per heavy atom. The highest BCUT2D eigenvalue weighted by Gasteiger charge is 2.24. The molecule has 0 heterocycles. The summed E-state index contributed by atoms with van der Waals surface area (Å²) in [6, 6.07) is 4.28. The van der Waals surface area contributed by atoms with E-state index in [0.717, 1.165) is 0 Å². The van der Waals surface area contributed by atoms with Crippen LogP contribution in [0.3, 0.4) is 0 Å². The largest absolute Gasteiger partial charge is 0.469 e. The molecule has 1 rings (SSSR count). The molecule has 2 N–H and O–H groups in total. The number of nitrogens with one attached hydrogen (secondary N) is 2. The third-order valence-corrected chi connectivity index (χ3v) is 3.20. The van der Waals surface area contributed by atoms with Crippen molar-refractivity contribution in [2.45, 2.75) is 26.3 Å². The molecule has 0 aliphatic carbocycles. The Bertz CT molecular complexity index is 558. The molecule has 0 aliphatic rings. The van der Waals surface area contributed by atoms with Gasteiger partial charge in [0.05, 0.1) is 13.5 Å². The van der Waals surface area contributed by atoms with Gasteiger partial charge >= 0.3 is 5.97 Å². The molecule has 23 heavy (non-hydrogen) atoms. The number of carbonyl (C=O) groups is 3. The maximum absolute atomic E-state index is 12.9. The quantitative estimate of drug-likeness (QED) is 0.740. The summed E-state index contributed by atoms with van der Waals surface area (Å²) in [4.78, 5) is 35.3. The minimum absolute atomic E-state index is 0.0545. The smallest absolute Gasteiger partial charge is 0.307 e. The monoisotopic (exact) mass is 324 g/mol. The predicted molar refractivity (Wildman–Crippen MR) is 82.1 cm³/mol. The van der Waals surface area contributed by atoms with Gasteiger partial charge < -0.3 is 15.4 Å². The van der Waals surface area contributed by atoms with Gasteiger partial charge in [-0.15, -0.1) is 0 Å². The second-order valence-electron chi connectivity index (χ2n) is 5.32. The van der Waals surface area contributed by atoms with Crippen molar-refractivity contribution in [1.29, 1.82) is 0 Å². The van der Waals surface area contributed by atoms with Crippen LogP contribution in [0.5, 0.6) is 0 Å². The molecule has 0 bridgehead atoms. The third kappa shape index (κ3) is 6.06. The van der Waals surface area contributed by atoms with Crippen LogP contribution in [0.15, 0.2) is 24.3 Å². The molecule has 1 atom stereocenters. The van der Waals surface area contributed by atoms with Crippen molar-refractivity contribution >= 4 is 17.8 Å². The molecular formula is C16H21FN2O4. The Morgan fingerprint density at radius 3 is 2.30 bits per heavy atom. The molecule has 0 radical (unpaired) electrons. The summed E-state index contributed by atoms with van der Waals surface area (Å²) in [5.41, 5.74) is 0.263. The molecule has 7 heteroatoms. The molecule has 126 valence electrons. The molecule has 0 saturated heterocycles. The average Bonchev–Trinajstić information content (AvgIpc) is 2.52. The van der Waals surface area contributed by atoms with E-state index in [0.29, 0.717) is 0 Å². The Labute approximate surface area is 134 Å². The summed E-state index contributed by atoms with van der Waals surface area (Å²) in [6.45, 7) is 3.70. The van der Waals surface area contributed by atoms with E-state index in [1.807, 2.05) is 0 Å². The molecule has 2 amide bonds. The van der Waals surface area contributed by atoms with Crippen molar-refractivity contribution in [2.75, 3.05) is 13.7 Å². The van der Waals surface area contributed by atoms with E-state index in [1.165, 1.54) is 31.4 Å². The van der Waals surface area contributed by atoms with Crippen molar-refractivity contribution in [3.05, 3.63) is 35.6 Å². The lowest BCUT2D eigenvalue weighted by molar-refractivity contribution is -0.140. The van der Waals surface area contributed by atoms with Crippen LogP contribution in [0.4, 0.5) is 4.39 Å². The lowest BCUT2D eigenvalue weighted by Gasteiger charge is -2.21. The SMILES string of the molecule is COC(=O)CCNC(=O)C(NC(=O)c1ccc(F)cc1)C(C)C. The van der Waals surface area contributed by atoms with Gasteiger partial charge in [-0.2, -0.15) is 0 Å². The second kappa shape index (κ2) is 8.87. The van der Waals surface area contributed by atoms with Crippen LogP contribution >= 0.6 is 0 Å². The van der Waals surface area contributed by atoms with Gasteiger partial charge in [0.15, 0.2) is 0 Å². The average molecular weight is 324 g/mol. The van der Waals surface area contributed by atoms with Gasteiger partial charge in [0.2, 0.25) is 5.91 Å². The summed E-state index contributed by atoms with van der Waals surface area (Å²) >= 11 is 0. The maximum Gasteiger partial charge on any atom is 0.307 e. The summed E-state index contributed by atoms with van der Waals surface area (Å²) in [7, 11) is 1.27. The minimum atomic E-state index is -0.759. The van der Waals surface area contributed by atoms with E-state index >= 15 is 0 Å². The van der Waals surface area contributed by atoms with Crippen molar-refractivity contribution < 1.29 is 23.5 Å². The van der Waals surface area contributed by atoms with Crippen molar-refractivity contribution in [3.8, 4) is 0 Å². The Balaban J connectivity index is 2.63. The fourth-order valence-electron chi connectivity index (χ4n) is 1.86. The molecule has 0 saturated carbocycles. The second-order valence-corrected chi connectivity index (χ2v) is 5.32. The van der Waals surface area contributed by atoms with Gasteiger partial charge in [0, 0.05) is 12.1 Å². The van der Waals surface area contributed by atoms with E-state index in [1.54, 1.807) is 13.8 Å². The first-order chi connectivity index (χ1) is 10.8. The van der Waals surface area contributed by atoms with Gasteiger partial charge in [0.25, 0.3) is 5.91 Å². The summed E-state index contributed by atoms with van der Waals surface area (Å²) < 4.78 is 17.4. The van der Waals surface area contributed by atoms with Crippen LogP contribution in [0, 0.1) is 11.7 Å². The fraction of sp³-hybridized carbons (Fsp3) is 0.438. The van der Waals surface area contributed by atoms with E-state index in [-0.39, 0.29) is 30.4 Å². The predicted octanol–water partition coefficient (Wildman–Crippen LogP) is 1.26. The third-order valence-electron chi connectivity index (χ3n) is 3.20. The van der Waals surface area contributed by atoms with Gasteiger partial charge in [-0.1, -0.05) is 13.8 Å². The number of hydrogen-bond donors (Lipinski definition) is 2. The number of hydrogen-bond acceptors (Lipinski definition) is 4. The van der Waals surface area contributed by atoms with Crippen LogP contribution in [0.1, 0.15) is 30.6 Å². The first-order valence-corrected chi connectivity index (χ1v) is 7.26. The van der Waals surface area contributed by atoms with Gasteiger partial charge in [-0.05, 0) is 30.2 Å². The Morgan fingerprint density at radius 2 is 1.78 bits per heavy atom. The fourth-order valence-corrected chi connectivity index (χ4v) is 1.86. The highest BCUT2D eigenvalue weighted by atomic mass is 19.1. The lowest BCUT2D eigenvalue weighted by Crippen LogP contribution is -2.50. The van der Waals surface area contributed by atoms with Crippen LogP contribution in [0.25, 0.3) is 0 Å². The van der Waals surface area contributed by atoms with E-state index < -0.39 is 23.7 Å². The normalized spacial score (nSPS) is 11.7. The topological polar surface area (TPSA) is 84.5 Å². The molecule has 6 nitrogen and oxygen atoms in total. The number of esters is 1. The minimum Gasteiger partial charge on any atom is -0.469 e. The van der Waals surface area contributed by atoms with Crippen LogP contribution < -0.4 is 10.6 Å². The van der Waals surface area contributed by atoms with E-state index in [2.05, 4.69) is 15.4 Å². The van der Waals surface area contributed by atoms with Crippen molar-refractivity contribution in [1.82, 2.24) is 10.6 Å². The lowest BCUT2D eigenvalue weighted by atomic mass is 10.0. The molecule has 1 aromatic carbocycles. The van der Waals surface area contributed by atoms with Crippen LogP contribution in [-0.4, -0.2) is 37.5 Å². The highest BCUT2D eigenvalue weighted by molar-refractivity contribution is 5.97. The van der Waals surface area contributed by atoms with Crippen LogP contribution in [0.2, 0.25) is 0 Å². The number of ether oxygens (including phenoxy) is 1. The zero-order valence-corrected chi connectivity index (χ0v) is 13.4. The Kier molecular flexibility index (Phi) is 7.18. The molecule has 0 aliphatic heterocycles. The number of benzene rings is 1. The highest BCUT2D eigenvalue weighted by Crippen LogP contribution is 2.06. The van der Waals surface area contributed by atoms with Crippen molar-refractivity contribution in [2.24, 2.45) is 5.92 Å². The first kappa shape index (κ1) is 18.6. The Hall–Kier alpha value is -2.44. The van der Waals surface area contributed by atoms with Gasteiger partial charge in [-0.3, -0.25) is 14.4 Å². The number of carbonyl (C=O) groups excluding carboxylic acids is 3. The number of amides is 2. The molecule has 0 aromatic heterocycles. The molecular weight excluding hydrogens is 303 g/mol. The standard InChI is InChI=1S/C16H21FN2O4/c1-10(2)14(16(22)18-9-8-13(20)23-3)19-15(21)11-4-6-12(17)7-5-11/h4-7,10,14H,8-9H2,1-3H3,(H,18,22)(H,19,21). The van der Waals surface area contributed by atoms with Gasteiger partial charge in [0.1, 0.15) is 11.9 Å². The van der Waals surface area contributed by atoms with E-state index in [9.17, 15) is 18.8 Å². The number of methoxy groups -OCH3 is 1. The zero-order valence-electron chi connectivity index (χ0n) is 13.4. The number of rotatable bonds is 7. The maximum atomic E-state index is 12.9. The first-order valence-electron chi connectivity index (χ1n) is 7.26. The molecule has 0 spiro atoms. The zero-order chi connectivity index (χ0) is 17.4. The molecule has 1 aromatic rings. The summed E-state index contributed by atoms with van der Waals surface area (Å²) in [5, 5.41) is 5.20. The molecule has 1 unspecified atom stereocenters. The van der Waals surface area contributed by atoms with Gasteiger partial charge in [-0.25, -0.2) is 4.39 Å². The van der Waals surface area contributed by atoms with Crippen molar-refractivity contribution in [3.63, 3.8) is 0 Å². The van der Waals surface area contributed by atoms with Crippen LogP contribution in [-0.2, 0) is 14.3 Å². The summed E-state index contributed by atoms with van der Waals surface area (Å²) in [6.07, 6.45) is 0.0545. The van der Waals surface area contributed by atoms with E-state index in [4.69, 9.17) is 0 Å². The molecule has 0 fully saturated rings. The number of halogens is 1.